The van der Waals surface area contributed by atoms with Crippen LogP contribution in [-0.2, 0) is 19.1 Å². The van der Waals surface area contributed by atoms with E-state index in [0.717, 1.165) is 12.8 Å². The van der Waals surface area contributed by atoms with Gasteiger partial charge in [0.15, 0.2) is 5.78 Å². The van der Waals surface area contributed by atoms with Crippen molar-refractivity contribution in [2.45, 2.75) is 32.3 Å². The number of Topliss-reactive ketones (excluding diaryl/α,β-unsaturated/α-hetero) is 1. The molecule has 1 fully saturated rings. The first-order valence-electron chi connectivity index (χ1n) is 4.51. The minimum atomic E-state index is -0.466. The number of hydrogen-bond donors (Lipinski definition) is 0. The zero-order chi connectivity index (χ0) is 9.68. The van der Waals surface area contributed by atoms with Crippen molar-refractivity contribution >= 4 is 11.8 Å². The molecule has 1 aliphatic rings. The molecule has 0 aliphatic heterocycles. The summed E-state index contributed by atoms with van der Waals surface area (Å²) in [6.45, 7) is 2.07. The summed E-state index contributed by atoms with van der Waals surface area (Å²) in [5.41, 5.74) is 0. The molecule has 0 N–H and O–H groups in total. The minimum Gasteiger partial charge on any atom is -0.466 e. The van der Waals surface area contributed by atoms with E-state index in [4.69, 9.17) is 4.74 Å². The second-order valence-corrected chi connectivity index (χ2v) is 3.03. The van der Waals surface area contributed by atoms with E-state index in [-0.39, 0.29) is 24.9 Å². The molecule has 1 rings (SSSR count). The van der Waals surface area contributed by atoms with E-state index in [1.54, 1.807) is 6.92 Å². The van der Waals surface area contributed by atoms with Crippen LogP contribution in [0.15, 0.2) is 0 Å². The molecular weight excluding hydrogens is 172 g/mol. The van der Waals surface area contributed by atoms with E-state index < -0.39 is 5.97 Å². The fraction of sp³-hybridized carbons (Fsp3) is 0.778. The second kappa shape index (κ2) is 4.97. The third-order valence-corrected chi connectivity index (χ3v) is 1.65. The molecule has 4 nitrogen and oxygen atoms in total. The molecule has 74 valence electrons. The average molecular weight is 186 g/mol. The second-order valence-electron chi connectivity index (χ2n) is 3.03. The lowest BCUT2D eigenvalue weighted by molar-refractivity contribution is -0.146. The highest BCUT2D eigenvalue weighted by atomic mass is 16.5. The highest BCUT2D eigenvalue weighted by Gasteiger charge is 2.23. The maximum absolute atomic E-state index is 11.0. The van der Waals surface area contributed by atoms with Gasteiger partial charge < -0.3 is 9.47 Å². The Morgan fingerprint density at radius 2 is 2.08 bits per heavy atom. The lowest BCUT2D eigenvalue weighted by Crippen LogP contribution is -2.16. The SMILES string of the molecule is CCOC(=O)CC(=O)COC1CC1. The molecule has 4 heteroatoms. The van der Waals surface area contributed by atoms with Gasteiger partial charge in [-0.1, -0.05) is 0 Å². The van der Waals surface area contributed by atoms with Crippen LogP contribution in [0.5, 0.6) is 0 Å². The van der Waals surface area contributed by atoms with Crippen molar-refractivity contribution in [2.24, 2.45) is 0 Å². The van der Waals surface area contributed by atoms with E-state index in [2.05, 4.69) is 4.74 Å². The maximum Gasteiger partial charge on any atom is 0.313 e. The summed E-state index contributed by atoms with van der Waals surface area (Å²) in [7, 11) is 0. The van der Waals surface area contributed by atoms with E-state index >= 15 is 0 Å². The Labute approximate surface area is 77.2 Å². The molecular formula is C9H14O4. The summed E-state index contributed by atoms with van der Waals surface area (Å²) in [5.74, 6) is -0.669. The Hall–Kier alpha value is -0.900. The summed E-state index contributed by atoms with van der Waals surface area (Å²) in [6.07, 6.45) is 2.16. The number of ketones is 1. The van der Waals surface area contributed by atoms with Gasteiger partial charge in [-0.2, -0.15) is 0 Å². The van der Waals surface area contributed by atoms with Crippen molar-refractivity contribution in [1.29, 1.82) is 0 Å². The number of rotatable bonds is 6. The Bertz CT molecular complexity index is 196. The summed E-state index contributed by atoms with van der Waals surface area (Å²) < 4.78 is 9.76. The van der Waals surface area contributed by atoms with Crippen LogP contribution in [0.2, 0.25) is 0 Å². The molecule has 0 radical (unpaired) electrons. The normalized spacial score (nSPS) is 15.5. The zero-order valence-corrected chi connectivity index (χ0v) is 7.75. The van der Waals surface area contributed by atoms with Gasteiger partial charge in [-0.3, -0.25) is 9.59 Å². The number of ether oxygens (including phenoxy) is 2. The summed E-state index contributed by atoms with van der Waals surface area (Å²) in [6, 6.07) is 0. The molecule has 1 saturated carbocycles. The van der Waals surface area contributed by atoms with Gasteiger partial charge in [-0.15, -0.1) is 0 Å². The van der Waals surface area contributed by atoms with Crippen molar-refractivity contribution in [3.63, 3.8) is 0 Å². The molecule has 0 bridgehead atoms. The van der Waals surface area contributed by atoms with Crippen molar-refractivity contribution < 1.29 is 19.1 Å². The molecule has 1 aliphatic carbocycles. The molecule has 0 aromatic rings. The Balaban J connectivity index is 2.04. The minimum absolute atomic E-state index is 0.0451. The van der Waals surface area contributed by atoms with Crippen molar-refractivity contribution in [2.75, 3.05) is 13.2 Å². The van der Waals surface area contributed by atoms with E-state index in [1.165, 1.54) is 0 Å². The van der Waals surface area contributed by atoms with Gasteiger partial charge in [0.2, 0.25) is 0 Å². The molecule has 0 aromatic heterocycles. The molecule has 13 heavy (non-hydrogen) atoms. The first kappa shape index (κ1) is 10.2. The van der Waals surface area contributed by atoms with Gasteiger partial charge in [0.25, 0.3) is 0 Å². The maximum atomic E-state index is 11.0. The van der Waals surface area contributed by atoms with Crippen LogP contribution in [-0.4, -0.2) is 31.1 Å². The first-order chi connectivity index (χ1) is 6.22. The number of esters is 1. The third kappa shape index (κ3) is 4.62. The van der Waals surface area contributed by atoms with Crippen LogP contribution in [0, 0.1) is 0 Å². The highest BCUT2D eigenvalue weighted by molar-refractivity contribution is 5.96. The summed E-state index contributed by atoms with van der Waals surface area (Å²) in [4.78, 5) is 21.8. The van der Waals surface area contributed by atoms with Gasteiger partial charge in [0.05, 0.1) is 12.7 Å². The molecule has 0 heterocycles. The Morgan fingerprint density at radius 3 is 2.62 bits per heavy atom. The molecule has 0 spiro atoms. The van der Waals surface area contributed by atoms with Crippen LogP contribution < -0.4 is 0 Å². The van der Waals surface area contributed by atoms with Crippen LogP contribution in [0.4, 0.5) is 0 Å². The average Bonchev–Trinajstić information content (AvgIpc) is 2.84. The Morgan fingerprint density at radius 1 is 1.38 bits per heavy atom. The lowest BCUT2D eigenvalue weighted by Gasteiger charge is -2.01. The monoisotopic (exact) mass is 186 g/mol. The predicted octanol–water partition coefficient (Wildman–Crippen LogP) is 0.688. The van der Waals surface area contributed by atoms with E-state index in [9.17, 15) is 9.59 Å². The van der Waals surface area contributed by atoms with Crippen molar-refractivity contribution in [1.82, 2.24) is 0 Å². The fourth-order valence-electron chi connectivity index (χ4n) is 0.870. The van der Waals surface area contributed by atoms with Gasteiger partial charge in [0, 0.05) is 0 Å². The van der Waals surface area contributed by atoms with Crippen LogP contribution in [0.25, 0.3) is 0 Å². The Kier molecular flexibility index (Phi) is 3.89. The first-order valence-corrected chi connectivity index (χ1v) is 4.51. The summed E-state index contributed by atoms with van der Waals surface area (Å²) in [5, 5.41) is 0. The lowest BCUT2D eigenvalue weighted by atomic mass is 10.3. The van der Waals surface area contributed by atoms with E-state index in [1.807, 2.05) is 0 Å². The van der Waals surface area contributed by atoms with E-state index in [0.29, 0.717) is 6.61 Å². The van der Waals surface area contributed by atoms with Gasteiger partial charge in [0.1, 0.15) is 13.0 Å². The molecule has 0 unspecified atom stereocenters. The van der Waals surface area contributed by atoms with Gasteiger partial charge in [-0.05, 0) is 19.8 Å². The fourth-order valence-corrected chi connectivity index (χ4v) is 0.870. The largest absolute Gasteiger partial charge is 0.466 e. The number of hydrogen-bond acceptors (Lipinski definition) is 4. The quantitative estimate of drug-likeness (QED) is 0.452. The van der Waals surface area contributed by atoms with Crippen LogP contribution in [0.3, 0.4) is 0 Å². The number of carbonyl (C=O) groups excluding carboxylic acids is 2. The van der Waals surface area contributed by atoms with Crippen molar-refractivity contribution in [3.05, 3.63) is 0 Å². The molecule has 0 aromatic carbocycles. The molecule has 0 amide bonds. The van der Waals surface area contributed by atoms with Gasteiger partial charge >= 0.3 is 5.97 Å². The topological polar surface area (TPSA) is 52.6 Å². The van der Waals surface area contributed by atoms with Crippen LogP contribution in [0.1, 0.15) is 26.2 Å². The third-order valence-electron chi connectivity index (χ3n) is 1.65. The van der Waals surface area contributed by atoms with Crippen molar-refractivity contribution in [3.8, 4) is 0 Å². The highest BCUT2D eigenvalue weighted by Crippen LogP contribution is 2.23. The molecule has 0 saturated heterocycles. The standard InChI is InChI=1S/C9H14O4/c1-2-12-9(11)5-7(10)6-13-8-3-4-8/h8H,2-6H2,1H3. The predicted molar refractivity (Wildman–Crippen MR) is 45.2 cm³/mol. The smallest absolute Gasteiger partial charge is 0.313 e. The van der Waals surface area contributed by atoms with Gasteiger partial charge in [-0.25, -0.2) is 0 Å². The number of carbonyl (C=O) groups is 2. The molecule has 0 atom stereocenters. The zero-order valence-electron chi connectivity index (χ0n) is 7.75. The van der Waals surface area contributed by atoms with Crippen LogP contribution >= 0.6 is 0 Å². The summed E-state index contributed by atoms with van der Waals surface area (Å²) >= 11 is 0.